The molecule has 2 unspecified atom stereocenters. The molecule has 0 fully saturated rings. The fourth-order valence-corrected chi connectivity index (χ4v) is 0.403. The predicted octanol–water partition coefficient (Wildman–Crippen LogP) is 0.384. The molecule has 2 N–H and O–H groups in total. The van der Waals surface area contributed by atoms with Crippen molar-refractivity contribution in [3.05, 3.63) is 0 Å². The summed E-state index contributed by atoms with van der Waals surface area (Å²) in [7, 11) is 0. The van der Waals surface area contributed by atoms with E-state index in [0.717, 1.165) is 0 Å². The van der Waals surface area contributed by atoms with Crippen LogP contribution in [0.25, 0.3) is 0 Å². The van der Waals surface area contributed by atoms with E-state index in [9.17, 15) is 0 Å². The van der Waals surface area contributed by atoms with Crippen LogP contribution in [0.3, 0.4) is 0 Å². The van der Waals surface area contributed by atoms with Gasteiger partial charge in [0.25, 0.3) is 0 Å². The quantitative estimate of drug-likeness (QED) is 0.550. The van der Waals surface area contributed by atoms with Crippen molar-refractivity contribution >= 4 is 0 Å². The normalized spacial score (nSPS) is 22.1. The summed E-state index contributed by atoms with van der Waals surface area (Å²) < 4.78 is 0. The van der Waals surface area contributed by atoms with E-state index < -0.39 is 12.2 Å². The van der Waals surface area contributed by atoms with Crippen LogP contribution in [0.4, 0.5) is 0 Å². The van der Waals surface area contributed by atoms with Crippen LogP contribution in [-0.4, -0.2) is 22.4 Å². The highest BCUT2D eigenvalue weighted by Gasteiger charge is 2.13. The van der Waals surface area contributed by atoms with E-state index in [1.54, 1.807) is 13.8 Å². The van der Waals surface area contributed by atoms with Crippen LogP contribution in [0.5, 0.6) is 0 Å². The van der Waals surface area contributed by atoms with Gasteiger partial charge in [0.05, 0.1) is 12.2 Å². The smallest absolute Gasteiger partial charge is 0.0562 e. The molecule has 0 radical (unpaired) electrons. The summed E-state index contributed by atoms with van der Waals surface area (Å²) in [6.45, 7) is 5.17. The molecule has 2 heteroatoms. The van der Waals surface area contributed by atoms with Gasteiger partial charge in [0, 0.05) is 5.92 Å². The van der Waals surface area contributed by atoms with Gasteiger partial charge in [0.2, 0.25) is 0 Å². The van der Waals surface area contributed by atoms with Crippen LogP contribution in [0.1, 0.15) is 20.8 Å². The molecule has 0 aromatic heterocycles. The molecule has 0 rings (SSSR count). The lowest BCUT2D eigenvalue weighted by molar-refractivity contribution is 0.0420. The van der Waals surface area contributed by atoms with Crippen molar-refractivity contribution in [1.29, 1.82) is 0 Å². The Morgan fingerprint density at radius 3 is 1.12 bits per heavy atom. The van der Waals surface area contributed by atoms with E-state index in [2.05, 4.69) is 0 Å². The number of hydrogen-bond donors (Lipinski definition) is 2. The van der Waals surface area contributed by atoms with E-state index in [1.165, 1.54) is 0 Å². The molecule has 0 saturated carbocycles. The second-order valence-electron chi connectivity index (χ2n) is 2.34. The summed E-state index contributed by atoms with van der Waals surface area (Å²) in [4.78, 5) is 0. The first kappa shape index (κ1) is 7.92. The summed E-state index contributed by atoms with van der Waals surface area (Å²) in [5, 5.41) is 17.7. The molecule has 0 aromatic rings. The minimum absolute atomic E-state index is 0.0185. The van der Waals surface area contributed by atoms with Gasteiger partial charge in [-0.25, -0.2) is 0 Å². The second-order valence-corrected chi connectivity index (χ2v) is 2.34. The topological polar surface area (TPSA) is 40.5 Å². The molecule has 50 valence electrons. The van der Waals surface area contributed by atoms with Crippen molar-refractivity contribution in [2.75, 3.05) is 0 Å². The van der Waals surface area contributed by atoms with E-state index in [-0.39, 0.29) is 5.92 Å². The van der Waals surface area contributed by atoms with Gasteiger partial charge in [-0.15, -0.1) is 0 Å². The van der Waals surface area contributed by atoms with Crippen LogP contribution >= 0.6 is 0 Å². The summed E-state index contributed by atoms with van der Waals surface area (Å²) in [6, 6.07) is 0. The van der Waals surface area contributed by atoms with Gasteiger partial charge in [0.15, 0.2) is 0 Å². The molecular weight excluding hydrogens is 104 g/mol. The Hall–Kier alpha value is -0.0800. The SMILES string of the molecule is CC(O)C(C)C(C)O. The van der Waals surface area contributed by atoms with E-state index in [4.69, 9.17) is 10.2 Å². The molecule has 0 saturated heterocycles. The van der Waals surface area contributed by atoms with Crippen molar-refractivity contribution < 1.29 is 10.2 Å². The van der Waals surface area contributed by atoms with Crippen molar-refractivity contribution in [2.24, 2.45) is 5.92 Å². The minimum atomic E-state index is -0.407. The molecule has 0 aliphatic rings. The van der Waals surface area contributed by atoms with Crippen molar-refractivity contribution in [3.63, 3.8) is 0 Å². The second kappa shape index (κ2) is 3.05. The number of rotatable bonds is 2. The van der Waals surface area contributed by atoms with Crippen molar-refractivity contribution in [3.8, 4) is 0 Å². The molecule has 0 aliphatic heterocycles. The molecule has 0 amide bonds. The van der Waals surface area contributed by atoms with Crippen LogP contribution in [0, 0.1) is 5.92 Å². The van der Waals surface area contributed by atoms with Crippen molar-refractivity contribution in [1.82, 2.24) is 0 Å². The van der Waals surface area contributed by atoms with Crippen LogP contribution in [0.2, 0.25) is 0 Å². The highest BCUT2D eigenvalue weighted by molar-refractivity contribution is 4.63. The van der Waals surface area contributed by atoms with Gasteiger partial charge in [-0.3, -0.25) is 0 Å². The molecular formula is C6H14O2. The molecule has 8 heavy (non-hydrogen) atoms. The average molecular weight is 118 g/mol. The Kier molecular flexibility index (Phi) is 3.02. The fraction of sp³-hybridized carbons (Fsp3) is 1.00. The lowest BCUT2D eigenvalue weighted by atomic mass is 10.0. The predicted molar refractivity (Wildman–Crippen MR) is 32.5 cm³/mol. The first-order valence-corrected chi connectivity index (χ1v) is 2.92. The molecule has 0 bridgehead atoms. The lowest BCUT2D eigenvalue weighted by Crippen LogP contribution is -2.24. The molecule has 2 nitrogen and oxygen atoms in total. The molecule has 0 aliphatic carbocycles. The third kappa shape index (κ3) is 2.28. The summed E-state index contributed by atoms with van der Waals surface area (Å²) in [5.41, 5.74) is 0. The fourth-order valence-electron chi connectivity index (χ4n) is 0.403. The highest BCUT2D eigenvalue weighted by Crippen LogP contribution is 2.06. The van der Waals surface area contributed by atoms with Crippen molar-refractivity contribution in [2.45, 2.75) is 33.0 Å². The van der Waals surface area contributed by atoms with Gasteiger partial charge in [0.1, 0.15) is 0 Å². The monoisotopic (exact) mass is 118 g/mol. The maximum Gasteiger partial charge on any atom is 0.0562 e. The highest BCUT2D eigenvalue weighted by atomic mass is 16.3. The maximum absolute atomic E-state index is 8.83. The number of aliphatic hydroxyl groups excluding tert-OH is 2. The standard InChI is InChI=1S/C6H14O2/c1-4(5(2)7)6(3)8/h4-8H,1-3H3. The first-order valence-electron chi connectivity index (χ1n) is 2.92. The van der Waals surface area contributed by atoms with Crippen LogP contribution in [0.15, 0.2) is 0 Å². The Morgan fingerprint density at radius 2 is 1.12 bits per heavy atom. The van der Waals surface area contributed by atoms with E-state index in [1.807, 2.05) is 6.92 Å². The molecule has 0 spiro atoms. The maximum atomic E-state index is 8.83. The Balaban J connectivity index is 3.46. The van der Waals surface area contributed by atoms with Gasteiger partial charge < -0.3 is 10.2 Å². The molecule has 0 heterocycles. The van der Waals surface area contributed by atoms with E-state index >= 15 is 0 Å². The minimum Gasteiger partial charge on any atom is -0.393 e. The first-order chi connectivity index (χ1) is 3.55. The average Bonchev–Trinajstić information content (AvgIpc) is 1.64. The largest absolute Gasteiger partial charge is 0.393 e. The summed E-state index contributed by atoms with van der Waals surface area (Å²) >= 11 is 0. The lowest BCUT2D eigenvalue weighted by Gasteiger charge is -2.16. The van der Waals surface area contributed by atoms with E-state index in [0.29, 0.717) is 0 Å². The Bertz CT molecular complexity index is 51.5. The molecule has 2 atom stereocenters. The Morgan fingerprint density at radius 1 is 0.875 bits per heavy atom. The van der Waals surface area contributed by atoms with Gasteiger partial charge >= 0.3 is 0 Å². The zero-order valence-corrected chi connectivity index (χ0v) is 5.63. The molecule has 0 aromatic carbocycles. The van der Waals surface area contributed by atoms with Gasteiger partial charge in [-0.1, -0.05) is 6.92 Å². The number of hydrogen-bond acceptors (Lipinski definition) is 2. The Labute approximate surface area is 50.2 Å². The zero-order valence-electron chi connectivity index (χ0n) is 5.63. The summed E-state index contributed by atoms with van der Waals surface area (Å²) in [5.74, 6) is -0.0185. The zero-order chi connectivity index (χ0) is 6.73. The summed E-state index contributed by atoms with van der Waals surface area (Å²) in [6.07, 6.45) is -0.815. The van der Waals surface area contributed by atoms with Gasteiger partial charge in [-0.2, -0.15) is 0 Å². The third-order valence-corrected chi connectivity index (χ3v) is 1.52. The van der Waals surface area contributed by atoms with Crippen LogP contribution < -0.4 is 0 Å². The van der Waals surface area contributed by atoms with Gasteiger partial charge in [-0.05, 0) is 13.8 Å². The third-order valence-electron chi connectivity index (χ3n) is 1.52. The van der Waals surface area contributed by atoms with Crippen LogP contribution in [-0.2, 0) is 0 Å². The number of aliphatic hydroxyl groups is 2.